The molecule has 2 atom stereocenters. The summed E-state index contributed by atoms with van der Waals surface area (Å²) in [6, 6.07) is 26.6. The molecule has 0 saturated carbocycles. The molecule has 0 amide bonds. The summed E-state index contributed by atoms with van der Waals surface area (Å²) in [6.45, 7) is 11.8. The molecule has 0 aliphatic carbocycles. The Morgan fingerprint density at radius 1 is 0.652 bits per heavy atom. The van der Waals surface area contributed by atoms with E-state index in [1.165, 1.54) is 11.1 Å². The van der Waals surface area contributed by atoms with E-state index >= 15 is 0 Å². The second-order valence-corrected chi connectivity index (χ2v) is 11.3. The molecule has 0 saturated heterocycles. The Hall–Kier alpha value is -4.66. The lowest BCUT2D eigenvalue weighted by molar-refractivity contribution is 0.0290. The monoisotopic (exact) mass is 626 g/mol. The first-order chi connectivity index (χ1) is 22.0. The van der Waals surface area contributed by atoms with Crippen molar-refractivity contribution in [3.05, 3.63) is 118 Å². The van der Waals surface area contributed by atoms with E-state index in [1.54, 1.807) is 32.0 Å². The zero-order valence-corrected chi connectivity index (χ0v) is 27.6. The van der Waals surface area contributed by atoms with Gasteiger partial charge in [0.2, 0.25) is 0 Å². The number of benzene rings is 4. The lowest BCUT2D eigenvalue weighted by Crippen LogP contribution is -2.17. The minimum atomic E-state index is -0.480. The maximum absolute atomic E-state index is 12.3. The molecule has 8 heteroatoms. The van der Waals surface area contributed by atoms with E-state index in [2.05, 4.69) is 36.6 Å². The van der Waals surface area contributed by atoms with Gasteiger partial charge in [0.25, 0.3) is 0 Å². The Balaban J connectivity index is 0.000000250. The van der Waals surface area contributed by atoms with Gasteiger partial charge in [0, 0.05) is 30.8 Å². The number of hydrogen-bond donors (Lipinski definition) is 4. The van der Waals surface area contributed by atoms with Crippen molar-refractivity contribution in [2.75, 3.05) is 23.8 Å². The molecule has 46 heavy (non-hydrogen) atoms. The molecule has 2 unspecified atom stereocenters. The van der Waals surface area contributed by atoms with Gasteiger partial charge in [0.1, 0.15) is 6.10 Å². The molecule has 0 bridgehead atoms. The van der Waals surface area contributed by atoms with Crippen LogP contribution in [0.3, 0.4) is 0 Å². The summed E-state index contributed by atoms with van der Waals surface area (Å²) in [5.41, 5.74) is 8.98. The number of rotatable bonds is 12. The topological polar surface area (TPSA) is 117 Å². The molecule has 0 heterocycles. The number of carbonyl (C=O) groups excluding carboxylic acids is 2. The van der Waals surface area contributed by atoms with Crippen molar-refractivity contribution < 1.29 is 29.3 Å². The van der Waals surface area contributed by atoms with Gasteiger partial charge in [-0.05, 0) is 100 Å². The number of esters is 2. The normalized spacial score (nSPS) is 11.8. The molecule has 4 aromatic rings. The number of aliphatic hydroxyl groups is 2. The van der Waals surface area contributed by atoms with E-state index in [4.69, 9.17) is 14.6 Å². The Morgan fingerprint density at radius 2 is 1.11 bits per heavy atom. The number of aryl methyl sites for hydroxylation is 2. The van der Waals surface area contributed by atoms with Crippen LogP contribution in [-0.2, 0) is 9.47 Å². The summed E-state index contributed by atoms with van der Waals surface area (Å²) >= 11 is 0. The van der Waals surface area contributed by atoms with Crippen molar-refractivity contribution in [1.29, 1.82) is 0 Å². The summed E-state index contributed by atoms with van der Waals surface area (Å²) in [5.74, 6) is -0.779. The predicted molar refractivity (Wildman–Crippen MR) is 184 cm³/mol. The second-order valence-electron chi connectivity index (χ2n) is 11.3. The molecular formula is C38H46N2O6. The number of ether oxygens (including phenoxy) is 2. The quantitative estimate of drug-likeness (QED) is 0.117. The van der Waals surface area contributed by atoms with Gasteiger partial charge in [-0.2, -0.15) is 0 Å². The third-order valence-corrected chi connectivity index (χ3v) is 7.65. The van der Waals surface area contributed by atoms with Crippen LogP contribution < -0.4 is 10.6 Å². The van der Waals surface area contributed by atoms with Gasteiger partial charge >= 0.3 is 11.9 Å². The standard InChI is InChI=1S/2C19H23NO3/c1-13-7-6-10-17(15(13)3)20-18-9-5-4-8-16(18)19(22)23-12-11-14(2)21;1-13-7-6-10-17(15(13)3)20-18-9-5-4-8-16(18)19(22)23-14(2)11-12-21/h2*4-10,14,20-21H,11-12H2,1-3H3. The molecule has 0 aromatic heterocycles. The fourth-order valence-corrected chi connectivity index (χ4v) is 4.49. The molecule has 8 nitrogen and oxygen atoms in total. The van der Waals surface area contributed by atoms with Crippen molar-refractivity contribution in [1.82, 2.24) is 0 Å². The van der Waals surface area contributed by atoms with Crippen molar-refractivity contribution >= 4 is 34.7 Å². The van der Waals surface area contributed by atoms with E-state index in [0.29, 0.717) is 35.3 Å². The highest BCUT2D eigenvalue weighted by Crippen LogP contribution is 2.27. The average molecular weight is 627 g/mol. The van der Waals surface area contributed by atoms with Crippen LogP contribution in [0.15, 0.2) is 84.9 Å². The number of nitrogens with one attached hydrogen (secondary N) is 2. The first-order valence-corrected chi connectivity index (χ1v) is 15.5. The van der Waals surface area contributed by atoms with Crippen LogP contribution in [0.4, 0.5) is 22.7 Å². The Labute approximate surface area is 272 Å². The summed E-state index contributed by atoms with van der Waals surface area (Å²) < 4.78 is 10.6. The maximum Gasteiger partial charge on any atom is 0.340 e. The Kier molecular flexibility index (Phi) is 13.8. The van der Waals surface area contributed by atoms with Crippen molar-refractivity contribution in [3.8, 4) is 0 Å². The predicted octanol–water partition coefficient (Wildman–Crippen LogP) is 7.95. The van der Waals surface area contributed by atoms with E-state index in [1.807, 2.05) is 68.4 Å². The second kappa shape index (κ2) is 17.7. The van der Waals surface area contributed by atoms with Crippen LogP contribution in [0.2, 0.25) is 0 Å². The molecule has 4 rings (SSSR count). The van der Waals surface area contributed by atoms with E-state index in [0.717, 1.165) is 22.5 Å². The van der Waals surface area contributed by atoms with Gasteiger partial charge in [-0.15, -0.1) is 0 Å². The maximum atomic E-state index is 12.3. The van der Waals surface area contributed by atoms with Gasteiger partial charge in [0.05, 0.1) is 35.2 Å². The minimum Gasteiger partial charge on any atom is -0.462 e. The SMILES string of the molecule is Cc1cccc(Nc2ccccc2C(=O)OC(C)CCO)c1C.Cc1cccc(Nc2ccccc2C(=O)OCCC(C)O)c1C. The molecule has 0 radical (unpaired) electrons. The van der Waals surface area contributed by atoms with Crippen LogP contribution in [0, 0.1) is 27.7 Å². The van der Waals surface area contributed by atoms with E-state index in [9.17, 15) is 14.7 Å². The zero-order valence-electron chi connectivity index (χ0n) is 27.6. The number of anilines is 4. The van der Waals surface area contributed by atoms with Crippen molar-refractivity contribution in [2.45, 2.75) is 66.6 Å². The molecule has 4 aromatic carbocycles. The number of para-hydroxylation sites is 2. The highest BCUT2D eigenvalue weighted by atomic mass is 16.5. The molecule has 0 aliphatic heterocycles. The van der Waals surface area contributed by atoms with Crippen LogP contribution in [0.25, 0.3) is 0 Å². The number of carbonyl (C=O) groups is 2. The van der Waals surface area contributed by atoms with Gasteiger partial charge in [-0.25, -0.2) is 9.59 Å². The van der Waals surface area contributed by atoms with Crippen LogP contribution in [-0.4, -0.2) is 47.6 Å². The van der Waals surface area contributed by atoms with Crippen molar-refractivity contribution in [3.63, 3.8) is 0 Å². The highest BCUT2D eigenvalue weighted by molar-refractivity contribution is 5.97. The van der Waals surface area contributed by atoms with Crippen molar-refractivity contribution in [2.24, 2.45) is 0 Å². The number of aliphatic hydroxyl groups excluding tert-OH is 2. The highest BCUT2D eigenvalue weighted by Gasteiger charge is 2.17. The molecule has 0 fully saturated rings. The first kappa shape index (κ1) is 35.8. The minimum absolute atomic E-state index is 0.00314. The van der Waals surface area contributed by atoms with Crippen LogP contribution in [0.5, 0.6) is 0 Å². The van der Waals surface area contributed by atoms with Gasteiger partial charge in [-0.3, -0.25) is 0 Å². The van der Waals surface area contributed by atoms with Gasteiger partial charge < -0.3 is 30.3 Å². The molecule has 244 valence electrons. The van der Waals surface area contributed by atoms with Gasteiger partial charge in [-0.1, -0.05) is 48.5 Å². The van der Waals surface area contributed by atoms with E-state index < -0.39 is 6.10 Å². The summed E-state index contributed by atoms with van der Waals surface area (Å²) in [4.78, 5) is 24.6. The van der Waals surface area contributed by atoms with E-state index in [-0.39, 0.29) is 31.3 Å². The summed E-state index contributed by atoms with van der Waals surface area (Å²) in [5, 5.41) is 24.8. The first-order valence-electron chi connectivity index (χ1n) is 15.5. The fraction of sp³-hybridized carbons (Fsp3) is 0.316. The summed E-state index contributed by atoms with van der Waals surface area (Å²) in [7, 11) is 0. The zero-order chi connectivity index (χ0) is 33.6. The van der Waals surface area contributed by atoms with Gasteiger partial charge in [0.15, 0.2) is 0 Å². The smallest absolute Gasteiger partial charge is 0.340 e. The lowest BCUT2D eigenvalue weighted by atomic mass is 10.1. The Bertz CT molecular complexity index is 1600. The number of hydrogen-bond acceptors (Lipinski definition) is 8. The molecule has 0 spiro atoms. The third kappa shape index (κ3) is 10.5. The summed E-state index contributed by atoms with van der Waals surface area (Å²) in [6.07, 6.45) is 0.0591. The molecular weight excluding hydrogens is 580 g/mol. The van der Waals surface area contributed by atoms with Crippen LogP contribution in [0.1, 0.15) is 69.7 Å². The van der Waals surface area contributed by atoms with Crippen LogP contribution >= 0.6 is 0 Å². The fourth-order valence-electron chi connectivity index (χ4n) is 4.49. The molecule has 0 aliphatic rings. The third-order valence-electron chi connectivity index (χ3n) is 7.65. The lowest BCUT2D eigenvalue weighted by Gasteiger charge is -2.16. The Morgan fingerprint density at radius 3 is 1.59 bits per heavy atom. The molecule has 4 N–H and O–H groups in total. The average Bonchev–Trinajstić information content (AvgIpc) is 3.02. The largest absolute Gasteiger partial charge is 0.462 e.